The minimum Gasteiger partial charge on any atom is -0.443 e. The number of halogens is 3. The van der Waals surface area contributed by atoms with Crippen molar-refractivity contribution in [3.05, 3.63) is 64.8 Å². The molecule has 0 saturated carbocycles. The Morgan fingerprint density at radius 2 is 1.93 bits per heavy atom. The molecule has 0 radical (unpaired) electrons. The fourth-order valence-electron chi connectivity index (χ4n) is 2.63. The number of hydrogen-bond donors (Lipinski definition) is 2. The lowest BCUT2D eigenvalue weighted by Gasteiger charge is -2.10. The first-order valence-corrected chi connectivity index (χ1v) is 8.98. The second kappa shape index (κ2) is 7.89. The summed E-state index contributed by atoms with van der Waals surface area (Å²) in [4.78, 5) is 16.4. The molecular formula is C17H13F3N2O4S. The highest BCUT2D eigenvalue weighted by Crippen LogP contribution is 2.25. The van der Waals surface area contributed by atoms with E-state index >= 15 is 0 Å². The predicted molar refractivity (Wildman–Crippen MR) is 90.4 cm³/mol. The zero-order valence-corrected chi connectivity index (χ0v) is 14.6. The van der Waals surface area contributed by atoms with Gasteiger partial charge in [-0.25, -0.2) is 31.3 Å². The van der Waals surface area contributed by atoms with E-state index in [1.54, 1.807) is 0 Å². The Bertz CT molecular complexity index is 1090. The molecule has 3 aromatic rings. The minimum absolute atomic E-state index is 0.00322. The number of benzene rings is 2. The average molecular weight is 398 g/mol. The van der Waals surface area contributed by atoms with E-state index in [4.69, 9.17) is 4.42 Å². The first kappa shape index (κ1) is 19.1. The number of thiol groups is 1. The van der Waals surface area contributed by atoms with Gasteiger partial charge in [0, 0.05) is 12.1 Å². The van der Waals surface area contributed by atoms with E-state index in [9.17, 15) is 26.4 Å². The van der Waals surface area contributed by atoms with Crippen molar-refractivity contribution >= 4 is 27.8 Å². The molecular weight excluding hydrogens is 385 g/mol. The van der Waals surface area contributed by atoms with Gasteiger partial charge in [0.05, 0.1) is 5.56 Å². The normalized spacial score (nSPS) is 11.4. The smallest absolute Gasteiger partial charge is 0.201 e. The number of carbonyl (C=O) groups excluding carboxylic acids is 1. The van der Waals surface area contributed by atoms with Gasteiger partial charge in [0.1, 0.15) is 11.3 Å². The molecule has 1 aromatic heterocycles. The van der Waals surface area contributed by atoms with Gasteiger partial charge in [-0.15, -0.1) is 0 Å². The largest absolute Gasteiger partial charge is 0.443 e. The SMILES string of the molecule is O=C(c1ccc2ocnc2c1)c1c(F)c(F)cc(CCCN[SH](=O)=O)c1F. The molecule has 10 heteroatoms. The number of hydrogen-bond acceptors (Lipinski definition) is 5. The molecule has 0 saturated heterocycles. The van der Waals surface area contributed by atoms with Crippen molar-refractivity contribution in [1.82, 2.24) is 9.71 Å². The van der Waals surface area contributed by atoms with Crippen molar-refractivity contribution in [2.45, 2.75) is 12.8 Å². The molecule has 0 amide bonds. The zero-order chi connectivity index (χ0) is 19.6. The van der Waals surface area contributed by atoms with Gasteiger partial charge in [0.25, 0.3) is 0 Å². The molecule has 0 aliphatic heterocycles. The van der Waals surface area contributed by atoms with E-state index in [0.29, 0.717) is 17.2 Å². The van der Waals surface area contributed by atoms with Crippen molar-refractivity contribution in [2.24, 2.45) is 0 Å². The molecule has 1 heterocycles. The summed E-state index contributed by atoms with van der Waals surface area (Å²) >= 11 is 0. The van der Waals surface area contributed by atoms with E-state index < -0.39 is 39.7 Å². The number of ketones is 1. The summed E-state index contributed by atoms with van der Waals surface area (Å²) in [5.41, 5.74) is -0.595. The second-order valence-electron chi connectivity index (χ2n) is 5.65. The van der Waals surface area contributed by atoms with Crippen LogP contribution in [-0.2, 0) is 17.3 Å². The molecule has 0 fully saturated rings. The van der Waals surface area contributed by atoms with Crippen LogP contribution >= 0.6 is 0 Å². The minimum atomic E-state index is -2.80. The summed E-state index contributed by atoms with van der Waals surface area (Å²) in [7, 11) is -2.80. The number of fused-ring (bicyclic) bond motifs is 1. The van der Waals surface area contributed by atoms with E-state index in [0.717, 1.165) is 6.39 Å². The van der Waals surface area contributed by atoms with Crippen molar-refractivity contribution in [3.63, 3.8) is 0 Å². The molecule has 6 nitrogen and oxygen atoms in total. The van der Waals surface area contributed by atoms with Crippen molar-refractivity contribution in [3.8, 4) is 0 Å². The highest BCUT2D eigenvalue weighted by atomic mass is 32.2. The molecule has 3 rings (SSSR count). The number of nitrogens with zero attached hydrogens (tertiary/aromatic N) is 1. The summed E-state index contributed by atoms with van der Waals surface area (Å²) in [6, 6.07) is 4.67. The summed E-state index contributed by atoms with van der Waals surface area (Å²) in [5, 5.41) is 0. The zero-order valence-electron chi connectivity index (χ0n) is 13.7. The number of nitrogens with one attached hydrogen (secondary N) is 1. The maximum atomic E-state index is 14.7. The van der Waals surface area contributed by atoms with Crippen LogP contribution in [0.25, 0.3) is 11.1 Å². The van der Waals surface area contributed by atoms with Crippen LogP contribution < -0.4 is 4.72 Å². The Morgan fingerprint density at radius 3 is 2.67 bits per heavy atom. The van der Waals surface area contributed by atoms with Gasteiger partial charge in [-0.3, -0.25) is 4.79 Å². The average Bonchev–Trinajstić information content (AvgIpc) is 3.10. The highest BCUT2D eigenvalue weighted by Gasteiger charge is 2.25. The van der Waals surface area contributed by atoms with Gasteiger partial charge >= 0.3 is 0 Å². The molecule has 0 spiro atoms. The first-order chi connectivity index (χ1) is 12.9. The van der Waals surface area contributed by atoms with Crippen LogP contribution in [-0.4, -0.2) is 25.7 Å². The predicted octanol–water partition coefficient (Wildman–Crippen LogP) is 2.52. The summed E-state index contributed by atoms with van der Waals surface area (Å²) in [6.45, 7) is 0.00322. The van der Waals surface area contributed by atoms with Crippen LogP contribution in [0.3, 0.4) is 0 Å². The number of aromatic nitrogens is 1. The molecule has 27 heavy (non-hydrogen) atoms. The number of carbonyl (C=O) groups is 1. The maximum Gasteiger partial charge on any atom is 0.201 e. The Hall–Kier alpha value is -2.72. The first-order valence-electron chi connectivity index (χ1n) is 7.80. The van der Waals surface area contributed by atoms with Gasteiger partial charge < -0.3 is 4.42 Å². The molecule has 0 aliphatic rings. The van der Waals surface area contributed by atoms with Crippen LogP contribution in [0.2, 0.25) is 0 Å². The molecule has 2 aromatic carbocycles. The fourth-order valence-corrected chi connectivity index (χ4v) is 2.97. The van der Waals surface area contributed by atoms with E-state index in [2.05, 4.69) is 9.71 Å². The molecule has 0 bridgehead atoms. The van der Waals surface area contributed by atoms with Gasteiger partial charge in [0.15, 0.2) is 29.4 Å². The van der Waals surface area contributed by atoms with Crippen LogP contribution in [0.1, 0.15) is 27.9 Å². The summed E-state index contributed by atoms with van der Waals surface area (Å²) < 4.78 is 70.8. The quantitative estimate of drug-likeness (QED) is 0.276. The molecule has 0 unspecified atom stereocenters. The van der Waals surface area contributed by atoms with E-state index in [-0.39, 0.29) is 30.5 Å². The third-order valence-electron chi connectivity index (χ3n) is 3.91. The number of oxazole rings is 1. The third-order valence-corrected chi connectivity index (χ3v) is 4.40. The van der Waals surface area contributed by atoms with Crippen molar-refractivity contribution in [2.75, 3.05) is 6.54 Å². The van der Waals surface area contributed by atoms with Gasteiger partial charge in [-0.2, -0.15) is 0 Å². The number of rotatable bonds is 7. The Kier molecular flexibility index (Phi) is 5.57. The summed E-state index contributed by atoms with van der Waals surface area (Å²) in [6.07, 6.45) is 1.22. The van der Waals surface area contributed by atoms with Gasteiger partial charge in [-0.05, 0) is 42.7 Å². The molecule has 1 N–H and O–H groups in total. The van der Waals surface area contributed by atoms with Gasteiger partial charge in [0.2, 0.25) is 10.9 Å². The highest BCUT2D eigenvalue weighted by molar-refractivity contribution is 7.70. The lowest BCUT2D eigenvalue weighted by Crippen LogP contribution is -2.15. The van der Waals surface area contributed by atoms with E-state index in [1.807, 2.05) is 0 Å². The van der Waals surface area contributed by atoms with E-state index in [1.165, 1.54) is 18.2 Å². The van der Waals surface area contributed by atoms with Crippen LogP contribution in [0, 0.1) is 17.5 Å². The third kappa shape index (κ3) is 4.01. The Labute approximate surface area is 153 Å². The fraction of sp³-hybridized carbons (Fsp3) is 0.176. The van der Waals surface area contributed by atoms with Crippen molar-refractivity contribution in [1.29, 1.82) is 0 Å². The van der Waals surface area contributed by atoms with Crippen molar-refractivity contribution < 1.29 is 30.8 Å². The van der Waals surface area contributed by atoms with Crippen LogP contribution in [0.5, 0.6) is 0 Å². The lowest BCUT2D eigenvalue weighted by molar-refractivity contribution is 0.102. The molecule has 0 aliphatic carbocycles. The Morgan fingerprint density at radius 1 is 1.15 bits per heavy atom. The molecule has 142 valence electrons. The molecule has 0 atom stereocenters. The van der Waals surface area contributed by atoms with Gasteiger partial charge in [-0.1, -0.05) is 0 Å². The standard InChI is InChI=1S/C17H13F3N2O4S/c18-11-6-9(2-1-5-22-27(24)25)15(19)14(16(11)20)17(23)10-3-4-13-12(7-10)21-8-26-13/h3-4,6-8,27H,1-2,5H2,(H,22,24,25). The van der Waals surface area contributed by atoms with Crippen LogP contribution in [0.4, 0.5) is 13.2 Å². The monoisotopic (exact) mass is 398 g/mol. The number of aryl methyl sites for hydroxylation is 1. The topological polar surface area (TPSA) is 89.3 Å². The lowest BCUT2D eigenvalue weighted by atomic mass is 9.97. The Balaban J connectivity index is 1.94. The van der Waals surface area contributed by atoms with Crippen LogP contribution in [0.15, 0.2) is 35.1 Å². The summed E-state index contributed by atoms with van der Waals surface area (Å²) in [5.74, 6) is -5.15. The second-order valence-corrected chi connectivity index (χ2v) is 6.48. The maximum absolute atomic E-state index is 14.7.